The van der Waals surface area contributed by atoms with Crippen molar-refractivity contribution in [2.75, 3.05) is 5.32 Å². The summed E-state index contributed by atoms with van der Waals surface area (Å²) in [5.41, 5.74) is 8.44. The van der Waals surface area contributed by atoms with E-state index in [2.05, 4.69) is 39.8 Å². The Bertz CT molecular complexity index is 564. The van der Waals surface area contributed by atoms with Crippen LogP contribution in [0.15, 0.2) is 28.7 Å². The number of anilines is 1. The number of hydrogen-bond donors (Lipinski definition) is 2. The number of fused-ring (bicyclic) bond motifs is 1. The summed E-state index contributed by atoms with van der Waals surface area (Å²) >= 11 is 0. The second kappa shape index (κ2) is 5.01. The first-order chi connectivity index (χ1) is 9.24. The van der Waals surface area contributed by atoms with E-state index in [1.807, 2.05) is 6.92 Å². The minimum absolute atomic E-state index is 0.235. The maximum Gasteiger partial charge on any atom is 0.316 e. The highest BCUT2D eigenvalue weighted by Gasteiger charge is 2.21. The molecule has 19 heavy (non-hydrogen) atoms. The average molecular weight is 258 g/mol. The molecule has 0 fully saturated rings. The van der Waals surface area contributed by atoms with Crippen LogP contribution >= 0.6 is 0 Å². The van der Waals surface area contributed by atoms with E-state index in [-0.39, 0.29) is 12.1 Å². The first-order valence-corrected chi connectivity index (χ1v) is 6.67. The lowest BCUT2D eigenvalue weighted by Crippen LogP contribution is -2.17. The van der Waals surface area contributed by atoms with Crippen LogP contribution in [0.2, 0.25) is 0 Å². The third kappa shape index (κ3) is 2.46. The zero-order chi connectivity index (χ0) is 13.2. The van der Waals surface area contributed by atoms with Gasteiger partial charge in [-0.25, -0.2) is 0 Å². The minimum atomic E-state index is -0.235. The van der Waals surface area contributed by atoms with Gasteiger partial charge in [0, 0.05) is 0 Å². The van der Waals surface area contributed by atoms with Gasteiger partial charge in [-0.05, 0) is 37.3 Å². The molecule has 2 aromatic rings. The summed E-state index contributed by atoms with van der Waals surface area (Å²) in [6.45, 7) is 1.83. The van der Waals surface area contributed by atoms with Gasteiger partial charge in [0.2, 0.25) is 5.89 Å². The maximum atomic E-state index is 5.71. The molecule has 3 N–H and O–H groups in total. The molecule has 0 saturated carbocycles. The van der Waals surface area contributed by atoms with Crippen LogP contribution in [0.5, 0.6) is 0 Å². The number of hydrogen-bond acceptors (Lipinski definition) is 5. The maximum absolute atomic E-state index is 5.71. The molecular formula is C14H18N4O. The molecule has 0 aliphatic heterocycles. The molecule has 1 aliphatic carbocycles. The van der Waals surface area contributed by atoms with Crippen LogP contribution < -0.4 is 11.1 Å². The molecule has 0 spiro atoms. The van der Waals surface area contributed by atoms with Crippen molar-refractivity contribution in [3.8, 4) is 0 Å². The van der Waals surface area contributed by atoms with Gasteiger partial charge in [0.15, 0.2) is 0 Å². The predicted octanol–water partition coefficient (Wildman–Crippen LogP) is 2.58. The van der Waals surface area contributed by atoms with Gasteiger partial charge in [-0.15, -0.1) is 5.10 Å². The van der Waals surface area contributed by atoms with Gasteiger partial charge in [-0.1, -0.05) is 29.4 Å². The quantitative estimate of drug-likeness (QED) is 0.884. The Kier molecular flexibility index (Phi) is 3.21. The van der Waals surface area contributed by atoms with Gasteiger partial charge in [-0.3, -0.25) is 0 Å². The molecule has 0 saturated heterocycles. The number of nitrogens with two attached hydrogens (primary N) is 1. The second-order valence-corrected chi connectivity index (χ2v) is 5.02. The molecule has 1 aromatic carbocycles. The highest BCUT2D eigenvalue weighted by atomic mass is 16.4. The third-order valence-corrected chi connectivity index (χ3v) is 3.50. The van der Waals surface area contributed by atoms with Crippen molar-refractivity contribution in [1.29, 1.82) is 0 Å². The standard InChI is InChI=1S/C14H18N4O/c1-9(15)13-17-18-14(19-13)16-12-8-4-6-10-5-2-3-7-11(10)12/h2-3,5,7,9,12H,4,6,8,15H2,1H3,(H,16,18). The summed E-state index contributed by atoms with van der Waals surface area (Å²) in [5, 5.41) is 11.2. The topological polar surface area (TPSA) is 77.0 Å². The highest BCUT2D eigenvalue weighted by Crippen LogP contribution is 2.32. The van der Waals surface area contributed by atoms with E-state index in [4.69, 9.17) is 10.2 Å². The Morgan fingerprint density at radius 1 is 1.37 bits per heavy atom. The second-order valence-electron chi connectivity index (χ2n) is 5.02. The number of nitrogens with zero attached hydrogens (tertiary/aromatic N) is 2. The van der Waals surface area contributed by atoms with Gasteiger partial charge in [0.25, 0.3) is 0 Å². The zero-order valence-corrected chi connectivity index (χ0v) is 11.0. The summed E-state index contributed by atoms with van der Waals surface area (Å²) in [6, 6.07) is 8.96. The van der Waals surface area contributed by atoms with Gasteiger partial charge >= 0.3 is 6.01 Å². The van der Waals surface area contributed by atoms with Crippen molar-refractivity contribution in [2.45, 2.75) is 38.3 Å². The van der Waals surface area contributed by atoms with Crippen molar-refractivity contribution < 1.29 is 4.42 Å². The Balaban J connectivity index is 1.80. The average Bonchev–Trinajstić information content (AvgIpc) is 2.88. The summed E-state index contributed by atoms with van der Waals surface area (Å²) in [7, 11) is 0. The molecule has 2 atom stereocenters. The molecule has 0 bridgehead atoms. The number of aromatic nitrogens is 2. The van der Waals surface area contributed by atoms with Crippen molar-refractivity contribution in [1.82, 2.24) is 10.2 Å². The zero-order valence-electron chi connectivity index (χ0n) is 11.0. The van der Waals surface area contributed by atoms with Crippen LogP contribution in [0.3, 0.4) is 0 Å². The van der Waals surface area contributed by atoms with E-state index in [1.165, 1.54) is 17.5 Å². The molecule has 2 unspecified atom stereocenters. The van der Waals surface area contributed by atoms with Gasteiger partial charge < -0.3 is 15.5 Å². The number of benzene rings is 1. The largest absolute Gasteiger partial charge is 0.406 e. The Labute approximate surface area is 112 Å². The molecule has 3 rings (SSSR count). The van der Waals surface area contributed by atoms with Crippen molar-refractivity contribution >= 4 is 6.01 Å². The Morgan fingerprint density at radius 3 is 3.00 bits per heavy atom. The molecule has 0 radical (unpaired) electrons. The van der Waals surface area contributed by atoms with Crippen LogP contribution in [0.1, 0.15) is 48.9 Å². The minimum Gasteiger partial charge on any atom is -0.406 e. The van der Waals surface area contributed by atoms with E-state index in [1.54, 1.807) is 0 Å². The molecule has 1 aromatic heterocycles. The summed E-state index contributed by atoms with van der Waals surface area (Å²) in [4.78, 5) is 0. The molecule has 1 heterocycles. The molecule has 0 amide bonds. The lowest BCUT2D eigenvalue weighted by Gasteiger charge is -2.25. The normalized spacial score (nSPS) is 19.8. The molecule has 5 nitrogen and oxygen atoms in total. The fraction of sp³-hybridized carbons (Fsp3) is 0.429. The summed E-state index contributed by atoms with van der Waals surface area (Å²) in [5.74, 6) is 0.464. The van der Waals surface area contributed by atoms with Crippen LogP contribution in [0.4, 0.5) is 6.01 Å². The molecule has 100 valence electrons. The Morgan fingerprint density at radius 2 is 2.21 bits per heavy atom. The monoisotopic (exact) mass is 258 g/mol. The lowest BCUT2D eigenvalue weighted by molar-refractivity contribution is 0.464. The molecule has 1 aliphatic rings. The van der Waals surface area contributed by atoms with Gasteiger partial charge in [-0.2, -0.15) is 0 Å². The first kappa shape index (κ1) is 12.2. The third-order valence-electron chi connectivity index (χ3n) is 3.50. The van der Waals surface area contributed by atoms with Crippen LogP contribution in [-0.2, 0) is 6.42 Å². The van der Waals surface area contributed by atoms with Gasteiger partial charge in [0.05, 0.1) is 12.1 Å². The van der Waals surface area contributed by atoms with E-state index < -0.39 is 0 Å². The van der Waals surface area contributed by atoms with Crippen LogP contribution in [0.25, 0.3) is 0 Å². The van der Waals surface area contributed by atoms with E-state index in [0.29, 0.717) is 11.9 Å². The summed E-state index contributed by atoms with van der Waals surface area (Å²) < 4.78 is 5.50. The Hall–Kier alpha value is -1.88. The predicted molar refractivity (Wildman–Crippen MR) is 72.6 cm³/mol. The number of nitrogens with one attached hydrogen (secondary N) is 1. The van der Waals surface area contributed by atoms with Crippen LogP contribution in [0, 0.1) is 0 Å². The van der Waals surface area contributed by atoms with Crippen molar-refractivity contribution in [3.05, 3.63) is 41.3 Å². The highest BCUT2D eigenvalue weighted by molar-refractivity contribution is 5.37. The number of rotatable bonds is 3. The summed E-state index contributed by atoms with van der Waals surface area (Å²) in [6.07, 6.45) is 3.39. The SMILES string of the molecule is CC(N)c1nnc(NC2CCCc3ccccc32)o1. The van der Waals surface area contributed by atoms with Crippen molar-refractivity contribution in [3.63, 3.8) is 0 Å². The van der Waals surface area contributed by atoms with E-state index >= 15 is 0 Å². The molecular weight excluding hydrogens is 240 g/mol. The first-order valence-electron chi connectivity index (χ1n) is 6.67. The fourth-order valence-electron chi connectivity index (χ4n) is 2.53. The smallest absolute Gasteiger partial charge is 0.316 e. The van der Waals surface area contributed by atoms with Gasteiger partial charge in [0.1, 0.15) is 0 Å². The van der Waals surface area contributed by atoms with Crippen LogP contribution in [-0.4, -0.2) is 10.2 Å². The molecule has 5 heteroatoms. The van der Waals surface area contributed by atoms with E-state index in [9.17, 15) is 0 Å². The van der Waals surface area contributed by atoms with E-state index in [0.717, 1.165) is 12.8 Å². The van der Waals surface area contributed by atoms with Crippen molar-refractivity contribution in [2.24, 2.45) is 5.73 Å². The lowest BCUT2D eigenvalue weighted by atomic mass is 9.88. The fourth-order valence-corrected chi connectivity index (χ4v) is 2.53. The number of aryl methyl sites for hydroxylation is 1.